The number of aromatic nitrogens is 1. The van der Waals surface area contributed by atoms with Gasteiger partial charge in [0.25, 0.3) is 0 Å². The Balaban J connectivity index is 1.72. The molecule has 4 unspecified atom stereocenters. The molecule has 1 N–H and O–H groups in total. The molecule has 1 saturated heterocycles. The van der Waals surface area contributed by atoms with Gasteiger partial charge in [-0.2, -0.15) is 4.31 Å². The third-order valence-corrected chi connectivity index (χ3v) is 10.5. The lowest BCUT2D eigenvalue weighted by Crippen LogP contribution is -2.55. The summed E-state index contributed by atoms with van der Waals surface area (Å²) in [4.78, 5) is 18.9. The monoisotopic (exact) mass is 600 g/mol. The Morgan fingerprint density at radius 2 is 1.76 bits per heavy atom. The van der Waals surface area contributed by atoms with E-state index in [-0.39, 0.29) is 43.4 Å². The van der Waals surface area contributed by atoms with E-state index in [1.807, 2.05) is 6.07 Å². The number of sulfonamides is 1. The average molecular weight is 601 g/mol. The van der Waals surface area contributed by atoms with Gasteiger partial charge in [-0.3, -0.25) is 9.78 Å². The summed E-state index contributed by atoms with van der Waals surface area (Å²) < 4.78 is 48.6. The van der Waals surface area contributed by atoms with Crippen LogP contribution in [0.25, 0.3) is 0 Å². The number of ether oxygens (including phenoxy) is 3. The molecule has 3 aliphatic rings. The van der Waals surface area contributed by atoms with E-state index in [2.05, 4.69) is 20.9 Å². The molecule has 11 heteroatoms. The molecule has 2 aliphatic heterocycles. The molecule has 4 atom stereocenters. The molecule has 3 heterocycles. The maximum absolute atomic E-state index is 14.7. The van der Waals surface area contributed by atoms with E-state index >= 15 is 0 Å². The molecule has 2 fully saturated rings. The van der Waals surface area contributed by atoms with Crippen LogP contribution >= 0.6 is 15.9 Å². The van der Waals surface area contributed by atoms with E-state index < -0.39 is 38.2 Å². The molecule has 3 aromatic rings. The zero-order valence-electron chi connectivity index (χ0n) is 20.4. The van der Waals surface area contributed by atoms with E-state index in [1.165, 1.54) is 23.8 Å². The number of aliphatic hydroxyl groups is 1. The Bertz CT molecular complexity index is 1500. The molecule has 198 valence electrons. The highest BCUT2D eigenvalue weighted by atomic mass is 79.9. The third kappa shape index (κ3) is 3.42. The molecule has 1 aliphatic carbocycles. The van der Waals surface area contributed by atoms with Crippen molar-refractivity contribution < 1.29 is 32.5 Å². The fraction of sp³-hybridized carbons (Fsp3) is 0.333. The molecule has 6 rings (SSSR count). The smallest absolute Gasteiger partial charge is 0.221 e. The summed E-state index contributed by atoms with van der Waals surface area (Å²) in [7, 11) is -2.94. The first-order chi connectivity index (χ1) is 18.3. The van der Waals surface area contributed by atoms with Crippen LogP contribution in [0.3, 0.4) is 0 Å². The first kappa shape index (κ1) is 25.4. The summed E-state index contributed by atoms with van der Waals surface area (Å²) in [6.07, 6.45) is 2.73. The van der Waals surface area contributed by atoms with Gasteiger partial charge in [-0.1, -0.05) is 58.4 Å². The molecule has 0 radical (unpaired) electrons. The lowest BCUT2D eigenvalue weighted by Gasteiger charge is -2.39. The Labute approximate surface area is 228 Å². The van der Waals surface area contributed by atoms with Crippen molar-refractivity contribution in [1.82, 2.24) is 9.29 Å². The number of Topliss-reactive ketones (excluding diaryl/α,β-unsaturated/α-hetero) is 1. The van der Waals surface area contributed by atoms with Gasteiger partial charge in [0.1, 0.15) is 16.7 Å². The minimum absolute atomic E-state index is 0.0343. The number of nitrogens with zero attached hydrogens (tertiary/aromatic N) is 2. The zero-order chi connectivity index (χ0) is 26.7. The van der Waals surface area contributed by atoms with E-state index in [0.29, 0.717) is 11.1 Å². The number of methoxy groups -OCH3 is 1. The number of hydrogen-bond acceptors (Lipinski definition) is 8. The predicted molar refractivity (Wildman–Crippen MR) is 140 cm³/mol. The SMILES string of the molecule is COc1cncc2c1C1(O)C(=O)C(c3ccc(Br)cc3)(O2)C(c2ccccc2)C1S(=O)(=O)N1CCOCC1. The number of halogens is 1. The minimum atomic E-state index is -4.31. The highest BCUT2D eigenvalue weighted by Crippen LogP contribution is 2.65. The quantitative estimate of drug-likeness (QED) is 0.475. The van der Waals surface area contributed by atoms with E-state index in [9.17, 15) is 18.3 Å². The van der Waals surface area contributed by atoms with E-state index in [4.69, 9.17) is 14.2 Å². The van der Waals surface area contributed by atoms with Gasteiger partial charge in [-0.25, -0.2) is 8.42 Å². The molecular formula is C27H25BrN2O7S. The Kier molecular flexibility index (Phi) is 6.11. The van der Waals surface area contributed by atoms with Crippen LogP contribution in [0, 0.1) is 0 Å². The normalized spacial score (nSPS) is 29.0. The first-order valence-corrected chi connectivity index (χ1v) is 14.4. The third-order valence-electron chi connectivity index (χ3n) is 7.67. The first-order valence-electron chi connectivity index (χ1n) is 12.1. The molecule has 1 saturated carbocycles. The van der Waals surface area contributed by atoms with Crippen molar-refractivity contribution in [2.45, 2.75) is 22.4 Å². The van der Waals surface area contributed by atoms with Crippen LogP contribution in [-0.4, -0.2) is 67.3 Å². The molecule has 0 amide bonds. The van der Waals surface area contributed by atoms with Crippen LogP contribution in [0.4, 0.5) is 0 Å². The van der Waals surface area contributed by atoms with Crippen molar-refractivity contribution in [3.05, 3.63) is 88.2 Å². The van der Waals surface area contributed by atoms with Gasteiger partial charge in [0.15, 0.2) is 5.60 Å². The van der Waals surface area contributed by atoms with Gasteiger partial charge in [-0.15, -0.1) is 0 Å². The van der Waals surface area contributed by atoms with Gasteiger partial charge in [0.05, 0.1) is 44.2 Å². The molecular weight excluding hydrogens is 576 g/mol. The fourth-order valence-corrected chi connectivity index (χ4v) is 8.66. The Hall–Kier alpha value is -2.83. The summed E-state index contributed by atoms with van der Waals surface area (Å²) in [5, 5.41) is 11.0. The zero-order valence-corrected chi connectivity index (χ0v) is 22.8. The highest BCUT2D eigenvalue weighted by Gasteiger charge is 2.78. The Morgan fingerprint density at radius 3 is 2.42 bits per heavy atom. The second-order valence-corrected chi connectivity index (χ2v) is 12.5. The number of rotatable bonds is 5. The molecule has 38 heavy (non-hydrogen) atoms. The van der Waals surface area contributed by atoms with Crippen molar-refractivity contribution in [3.63, 3.8) is 0 Å². The van der Waals surface area contributed by atoms with Crippen LogP contribution in [0.2, 0.25) is 0 Å². The summed E-state index contributed by atoms with van der Waals surface area (Å²) in [5.41, 5.74) is -3.42. The van der Waals surface area contributed by atoms with E-state index in [0.717, 1.165) is 4.47 Å². The number of ketones is 1. The van der Waals surface area contributed by atoms with Gasteiger partial charge < -0.3 is 19.3 Å². The molecule has 2 bridgehead atoms. The summed E-state index contributed by atoms with van der Waals surface area (Å²) in [5.74, 6) is -1.71. The number of carbonyl (C=O) groups excluding carboxylic acids is 1. The maximum Gasteiger partial charge on any atom is 0.221 e. The minimum Gasteiger partial charge on any atom is -0.495 e. The molecule has 2 aromatic carbocycles. The van der Waals surface area contributed by atoms with Crippen LogP contribution in [-0.2, 0) is 30.8 Å². The van der Waals surface area contributed by atoms with Crippen LogP contribution < -0.4 is 9.47 Å². The average Bonchev–Trinajstić information content (AvgIpc) is 3.07. The molecule has 9 nitrogen and oxygen atoms in total. The number of pyridine rings is 1. The Morgan fingerprint density at radius 1 is 1.08 bits per heavy atom. The lowest BCUT2D eigenvalue weighted by molar-refractivity contribution is -0.151. The number of carbonyl (C=O) groups is 1. The van der Waals surface area contributed by atoms with Gasteiger partial charge in [-0.05, 0) is 17.7 Å². The number of morpholine rings is 1. The van der Waals surface area contributed by atoms with Crippen molar-refractivity contribution in [2.24, 2.45) is 0 Å². The molecule has 0 spiro atoms. The number of fused-ring (bicyclic) bond motifs is 4. The fourth-order valence-electron chi connectivity index (χ4n) is 6.06. The second kappa shape index (κ2) is 9.13. The van der Waals surface area contributed by atoms with Crippen molar-refractivity contribution in [2.75, 3.05) is 33.4 Å². The highest BCUT2D eigenvalue weighted by molar-refractivity contribution is 9.10. The largest absolute Gasteiger partial charge is 0.495 e. The van der Waals surface area contributed by atoms with Gasteiger partial charge in [0.2, 0.25) is 21.4 Å². The van der Waals surface area contributed by atoms with Crippen molar-refractivity contribution >= 4 is 31.7 Å². The second-order valence-electron chi connectivity index (χ2n) is 9.52. The van der Waals surface area contributed by atoms with Crippen molar-refractivity contribution in [1.29, 1.82) is 0 Å². The van der Waals surface area contributed by atoms with Crippen LogP contribution in [0.1, 0.15) is 22.6 Å². The predicted octanol–water partition coefficient (Wildman–Crippen LogP) is 2.73. The topological polar surface area (TPSA) is 115 Å². The molecule has 1 aromatic heterocycles. The van der Waals surface area contributed by atoms with E-state index in [1.54, 1.807) is 48.5 Å². The number of benzene rings is 2. The summed E-state index contributed by atoms with van der Waals surface area (Å²) >= 11 is 3.43. The number of hydrogen-bond donors (Lipinski definition) is 1. The summed E-state index contributed by atoms with van der Waals surface area (Å²) in [6.45, 7) is 0.646. The standard InChI is InChI=1S/C27H25BrN2O7S/c1-35-20-15-29-16-21-23(20)26(32)24(38(33,34)30-11-13-36-14-12-30)22(17-5-3-2-4-6-17)27(37-21,25(26)31)18-7-9-19(28)10-8-18/h2-10,15-16,22,24,32H,11-14H2,1H3. The van der Waals surface area contributed by atoms with Crippen LogP contribution in [0.5, 0.6) is 11.5 Å². The lowest BCUT2D eigenvalue weighted by atomic mass is 9.77. The van der Waals surface area contributed by atoms with Gasteiger partial charge in [0, 0.05) is 23.1 Å². The van der Waals surface area contributed by atoms with Crippen molar-refractivity contribution in [3.8, 4) is 11.5 Å². The summed E-state index contributed by atoms with van der Waals surface area (Å²) in [6, 6.07) is 15.8. The van der Waals surface area contributed by atoms with Crippen LogP contribution in [0.15, 0.2) is 71.5 Å². The van der Waals surface area contributed by atoms with Gasteiger partial charge >= 0.3 is 0 Å². The maximum atomic E-state index is 14.7.